The molecule has 0 amide bonds. The predicted octanol–water partition coefficient (Wildman–Crippen LogP) is 18.4. The summed E-state index contributed by atoms with van der Waals surface area (Å²) in [7, 11) is -9.88. The van der Waals surface area contributed by atoms with Crippen LogP contribution in [0, 0.1) is 11.8 Å². The van der Waals surface area contributed by atoms with Crippen LogP contribution in [0.2, 0.25) is 0 Å². The molecular weight excluding hydrogens is 1130 g/mol. The molecule has 0 aliphatic carbocycles. The minimum atomic E-state index is -4.95. The maximum absolute atomic E-state index is 13.0. The van der Waals surface area contributed by atoms with Crippen LogP contribution in [0.1, 0.15) is 330 Å². The van der Waals surface area contributed by atoms with Crippen LogP contribution in [-0.2, 0) is 65.4 Å². The van der Waals surface area contributed by atoms with Crippen molar-refractivity contribution in [3.63, 3.8) is 0 Å². The van der Waals surface area contributed by atoms with E-state index in [2.05, 4.69) is 41.5 Å². The zero-order valence-electron chi connectivity index (χ0n) is 54.9. The van der Waals surface area contributed by atoms with E-state index in [4.69, 9.17) is 37.0 Å². The zero-order chi connectivity index (χ0) is 62.9. The molecule has 0 aromatic carbocycles. The highest BCUT2D eigenvalue weighted by Gasteiger charge is 2.30. The highest BCUT2D eigenvalue weighted by atomic mass is 31.2. The van der Waals surface area contributed by atoms with Crippen molar-refractivity contribution in [2.45, 2.75) is 349 Å². The number of rotatable bonds is 65. The maximum atomic E-state index is 13.0. The molecule has 19 heteroatoms. The number of hydrogen-bond donors (Lipinski definition) is 3. The molecule has 0 aliphatic rings. The molecule has 0 saturated carbocycles. The molecule has 0 aromatic rings. The average molecular weight is 1260 g/mol. The summed E-state index contributed by atoms with van der Waals surface area (Å²) in [5.74, 6) is -0.620. The standard InChI is InChI=1S/C66H128O17P2/c1-7-10-12-14-15-16-17-24-27-30-37-43-49-64(69)77-55-62(82-65(70)50-44-38-31-28-25-22-20-18-19-21-23-26-29-35-40-46-58(4)5)57-81-85(74,75)79-53-60(67)52-78-84(72,73)80-56-61(54-76-63(68)48-42-34-13-11-8-2)83-66(71)51-45-39-33-32-36-41-47-59(6)9-3/h58-62,67H,7-57H2,1-6H3,(H,72,73)(H,74,75)/t59?,60-,61+,62+/m0/s1. The first-order valence-corrected chi connectivity index (χ1v) is 37.5. The van der Waals surface area contributed by atoms with E-state index in [1.165, 1.54) is 141 Å². The van der Waals surface area contributed by atoms with Gasteiger partial charge in [0.2, 0.25) is 0 Å². The third kappa shape index (κ3) is 59.5. The average Bonchev–Trinajstić information content (AvgIpc) is 3.50. The van der Waals surface area contributed by atoms with E-state index in [-0.39, 0.29) is 25.7 Å². The number of aliphatic hydroxyl groups is 1. The largest absolute Gasteiger partial charge is 0.472 e. The van der Waals surface area contributed by atoms with Gasteiger partial charge in [-0.25, -0.2) is 9.13 Å². The molecule has 0 radical (unpaired) electrons. The van der Waals surface area contributed by atoms with Gasteiger partial charge in [0.15, 0.2) is 12.2 Å². The van der Waals surface area contributed by atoms with Crippen molar-refractivity contribution in [3.8, 4) is 0 Å². The molecule has 0 fully saturated rings. The molecular formula is C66H128O17P2. The van der Waals surface area contributed by atoms with Crippen molar-refractivity contribution in [2.75, 3.05) is 39.6 Å². The first-order chi connectivity index (χ1) is 40.9. The highest BCUT2D eigenvalue weighted by Crippen LogP contribution is 2.45. The van der Waals surface area contributed by atoms with E-state index in [1.807, 2.05) is 0 Å². The maximum Gasteiger partial charge on any atom is 0.472 e. The van der Waals surface area contributed by atoms with Crippen LogP contribution >= 0.6 is 15.6 Å². The summed E-state index contributed by atoms with van der Waals surface area (Å²) < 4.78 is 67.9. The monoisotopic (exact) mass is 1250 g/mol. The molecule has 17 nitrogen and oxygen atoms in total. The van der Waals surface area contributed by atoms with Gasteiger partial charge in [0.25, 0.3) is 0 Å². The zero-order valence-corrected chi connectivity index (χ0v) is 56.7. The fourth-order valence-electron chi connectivity index (χ4n) is 9.85. The van der Waals surface area contributed by atoms with Crippen LogP contribution < -0.4 is 0 Å². The van der Waals surface area contributed by atoms with E-state index < -0.39 is 97.5 Å². The molecule has 0 heterocycles. The highest BCUT2D eigenvalue weighted by molar-refractivity contribution is 7.47. The van der Waals surface area contributed by atoms with Crippen molar-refractivity contribution in [2.24, 2.45) is 11.8 Å². The van der Waals surface area contributed by atoms with Gasteiger partial charge in [-0.2, -0.15) is 0 Å². The van der Waals surface area contributed by atoms with Crippen LogP contribution in [0.25, 0.3) is 0 Å². The van der Waals surface area contributed by atoms with Gasteiger partial charge < -0.3 is 33.8 Å². The third-order valence-electron chi connectivity index (χ3n) is 15.6. The summed E-state index contributed by atoms with van der Waals surface area (Å²) in [6, 6.07) is 0. The van der Waals surface area contributed by atoms with Gasteiger partial charge >= 0.3 is 39.5 Å². The summed E-state index contributed by atoms with van der Waals surface area (Å²) in [4.78, 5) is 72.0. The number of carbonyl (C=O) groups excluding carboxylic acids is 4. The van der Waals surface area contributed by atoms with Gasteiger partial charge in [0.1, 0.15) is 19.3 Å². The normalized spacial score (nSPS) is 14.6. The van der Waals surface area contributed by atoms with Gasteiger partial charge in [-0.05, 0) is 37.5 Å². The number of carbonyl (C=O) groups is 4. The fraction of sp³-hybridized carbons (Fsp3) is 0.939. The SMILES string of the molecule is CCCCCCCCCCCCCCC(=O)OC[C@H](COP(=O)(O)OC[C@@H](O)COP(=O)(O)OC[C@@H](COC(=O)CCCCCCC)OC(=O)CCCCCCCCC(C)CC)OC(=O)CCCCCCCCCCCCCCCCCC(C)C. The fourth-order valence-corrected chi connectivity index (χ4v) is 11.4. The van der Waals surface area contributed by atoms with Crippen molar-refractivity contribution >= 4 is 39.5 Å². The number of phosphoric ester groups is 2. The molecule has 0 spiro atoms. The first-order valence-electron chi connectivity index (χ1n) is 34.5. The molecule has 0 rings (SSSR count). The Balaban J connectivity index is 5.15. The molecule has 0 aliphatic heterocycles. The lowest BCUT2D eigenvalue weighted by molar-refractivity contribution is -0.161. The Morgan fingerprint density at radius 1 is 0.341 bits per heavy atom. The smallest absolute Gasteiger partial charge is 0.462 e. The Labute approximate surface area is 517 Å². The number of hydrogen-bond acceptors (Lipinski definition) is 15. The predicted molar refractivity (Wildman–Crippen MR) is 340 cm³/mol. The Morgan fingerprint density at radius 2 is 0.600 bits per heavy atom. The van der Waals surface area contributed by atoms with E-state index in [9.17, 15) is 43.2 Å². The molecule has 0 bridgehead atoms. The number of esters is 4. The summed E-state index contributed by atoms with van der Waals surface area (Å²) in [6.07, 6.45) is 42.1. The number of unbranched alkanes of at least 4 members (excludes halogenated alkanes) is 34. The van der Waals surface area contributed by atoms with Gasteiger partial charge in [-0.3, -0.25) is 37.3 Å². The van der Waals surface area contributed by atoms with Crippen LogP contribution in [0.5, 0.6) is 0 Å². The van der Waals surface area contributed by atoms with Crippen molar-refractivity contribution in [3.05, 3.63) is 0 Å². The lowest BCUT2D eigenvalue weighted by Gasteiger charge is -2.21. The lowest BCUT2D eigenvalue weighted by atomic mass is 10.00. The minimum absolute atomic E-state index is 0.102. The Morgan fingerprint density at radius 3 is 0.894 bits per heavy atom. The minimum Gasteiger partial charge on any atom is -0.462 e. The van der Waals surface area contributed by atoms with Crippen molar-refractivity contribution in [1.29, 1.82) is 0 Å². The van der Waals surface area contributed by atoms with E-state index in [0.29, 0.717) is 25.7 Å². The van der Waals surface area contributed by atoms with E-state index in [0.717, 1.165) is 108 Å². The number of ether oxygens (including phenoxy) is 4. The van der Waals surface area contributed by atoms with Gasteiger partial charge in [-0.1, -0.05) is 279 Å². The molecule has 3 N–H and O–H groups in total. The second-order valence-corrected chi connectivity index (χ2v) is 27.5. The quantitative estimate of drug-likeness (QED) is 0.0222. The topological polar surface area (TPSA) is 237 Å². The van der Waals surface area contributed by atoms with Crippen LogP contribution in [-0.4, -0.2) is 96.7 Å². The van der Waals surface area contributed by atoms with Gasteiger partial charge in [-0.15, -0.1) is 0 Å². The second-order valence-electron chi connectivity index (χ2n) is 24.6. The summed E-state index contributed by atoms with van der Waals surface area (Å²) in [5.41, 5.74) is 0. The second kappa shape index (κ2) is 58.4. The van der Waals surface area contributed by atoms with Crippen LogP contribution in [0.3, 0.4) is 0 Å². The summed E-state index contributed by atoms with van der Waals surface area (Å²) >= 11 is 0. The van der Waals surface area contributed by atoms with Crippen molar-refractivity contribution < 1.29 is 80.2 Å². The lowest BCUT2D eigenvalue weighted by Crippen LogP contribution is -2.30. The van der Waals surface area contributed by atoms with E-state index >= 15 is 0 Å². The van der Waals surface area contributed by atoms with E-state index in [1.54, 1.807) is 0 Å². The van der Waals surface area contributed by atoms with Gasteiger partial charge in [0.05, 0.1) is 26.4 Å². The third-order valence-corrected chi connectivity index (χ3v) is 17.5. The van der Waals surface area contributed by atoms with Crippen LogP contribution in [0.15, 0.2) is 0 Å². The molecule has 0 saturated heterocycles. The molecule has 6 atom stereocenters. The van der Waals surface area contributed by atoms with Gasteiger partial charge in [0, 0.05) is 25.7 Å². The summed E-state index contributed by atoms with van der Waals surface area (Å²) in [6.45, 7) is 9.40. The number of aliphatic hydroxyl groups excluding tert-OH is 1. The molecule has 504 valence electrons. The Bertz CT molecular complexity index is 1670. The Kier molecular flexibility index (Phi) is 57.1. The number of phosphoric acid groups is 2. The summed E-state index contributed by atoms with van der Waals surface area (Å²) in [5, 5.41) is 10.5. The molecule has 0 aromatic heterocycles. The molecule has 85 heavy (non-hydrogen) atoms. The van der Waals surface area contributed by atoms with Crippen molar-refractivity contribution in [1.82, 2.24) is 0 Å². The van der Waals surface area contributed by atoms with Crippen LogP contribution in [0.4, 0.5) is 0 Å². The first kappa shape index (κ1) is 83.1. The molecule has 3 unspecified atom stereocenters. The Hall–Kier alpha value is -1.94.